The van der Waals surface area contributed by atoms with Crippen LogP contribution < -0.4 is 5.32 Å². The van der Waals surface area contributed by atoms with Gasteiger partial charge in [0.15, 0.2) is 0 Å². The lowest BCUT2D eigenvalue weighted by atomic mass is 10.2. The summed E-state index contributed by atoms with van der Waals surface area (Å²) < 4.78 is 13.1. The predicted octanol–water partition coefficient (Wildman–Crippen LogP) is 2.63. The zero-order valence-electron chi connectivity index (χ0n) is 10.8. The zero-order chi connectivity index (χ0) is 13.7. The van der Waals surface area contributed by atoms with Gasteiger partial charge in [-0.1, -0.05) is 0 Å². The van der Waals surface area contributed by atoms with Gasteiger partial charge < -0.3 is 10.2 Å². The van der Waals surface area contributed by atoms with E-state index < -0.39 is 10.7 Å². The quantitative estimate of drug-likeness (QED) is 0.489. The van der Waals surface area contributed by atoms with Crippen molar-refractivity contribution in [1.82, 2.24) is 4.90 Å². The Morgan fingerprint density at radius 3 is 2.79 bits per heavy atom. The second-order valence-corrected chi connectivity index (χ2v) is 4.75. The number of rotatable bonds is 6. The molecular weight excluding hydrogens is 249 g/mol. The minimum atomic E-state index is -0.498. The first kappa shape index (κ1) is 13.7. The number of nitro benzene ring substituents is 1. The van der Waals surface area contributed by atoms with Crippen molar-refractivity contribution >= 4 is 11.4 Å². The van der Waals surface area contributed by atoms with Crippen LogP contribution in [0.4, 0.5) is 15.8 Å². The summed E-state index contributed by atoms with van der Waals surface area (Å²) in [7, 11) is 0. The van der Waals surface area contributed by atoms with Gasteiger partial charge in [-0.15, -0.1) is 0 Å². The summed E-state index contributed by atoms with van der Waals surface area (Å²) in [6.07, 6.45) is 3.40. The average Bonchev–Trinajstić information content (AvgIpc) is 2.87. The van der Waals surface area contributed by atoms with Gasteiger partial charge in [-0.05, 0) is 45.0 Å². The van der Waals surface area contributed by atoms with Crippen LogP contribution in [0.1, 0.15) is 19.3 Å². The van der Waals surface area contributed by atoms with E-state index in [1.54, 1.807) is 0 Å². The lowest BCUT2D eigenvalue weighted by molar-refractivity contribution is -0.384. The smallest absolute Gasteiger partial charge is 0.292 e. The number of benzene rings is 1. The van der Waals surface area contributed by atoms with Gasteiger partial charge in [-0.3, -0.25) is 10.1 Å². The van der Waals surface area contributed by atoms with Gasteiger partial charge in [0.2, 0.25) is 0 Å². The molecule has 2 rings (SSSR count). The summed E-state index contributed by atoms with van der Waals surface area (Å²) in [6, 6.07) is 3.47. The van der Waals surface area contributed by atoms with Crippen molar-refractivity contribution in [2.75, 3.05) is 31.5 Å². The fourth-order valence-corrected chi connectivity index (χ4v) is 2.34. The second-order valence-electron chi connectivity index (χ2n) is 4.75. The fourth-order valence-electron chi connectivity index (χ4n) is 2.34. The third-order valence-corrected chi connectivity index (χ3v) is 3.32. The molecule has 1 saturated heterocycles. The molecule has 0 radical (unpaired) electrons. The van der Waals surface area contributed by atoms with Gasteiger partial charge in [-0.25, -0.2) is 4.39 Å². The van der Waals surface area contributed by atoms with E-state index in [1.165, 1.54) is 25.0 Å². The van der Waals surface area contributed by atoms with Crippen LogP contribution in [0.25, 0.3) is 0 Å². The fraction of sp³-hybridized carbons (Fsp3) is 0.538. The van der Waals surface area contributed by atoms with Gasteiger partial charge in [0.1, 0.15) is 11.5 Å². The average molecular weight is 267 g/mol. The maximum atomic E-state index is 13.1. The monoisotopic (exact) mass is 267 g/mol. The minimum absolute atomic E-state index is 0.0810. The molecule has 19 heavy (non-hydrogen) atoms. The molecule has 0 bridgehead atoms. The summed E-state index contributed by atoms with van der Waals surface area (Å²) in [5, 5.41) is 13.8. The molecule has 0 unspecified atom stereocenters. The summed E-state index contributed by atoms with van der Waals surface area (Å²) in [5.41, 5.74) is 0.175. The number of nitrogens with zero attached hydrogens (tertiary/aromatic N) is 2. The topological polar surface area (TPSA) is 58.4 Å². The largest absolute Gasteiger partial charge is 0.379 e. The second kappa shape index (κ2) is 6.47. The van der Waals surface area contributed by atoms with Crippen LogP contribution in [0.3, 0.4) is 0 Å². The van der Waals surface area contributed by atoms with E-state index in [4.69, 9.17) is 0 Å². The van der Waals surface area contributed by atoms with Crippen LogP contribution in [0.5, 0.6) is 0 Å². The summed E-state index contributed by atoms with van der Waals surface area (Å²) >= 11 is 0. The van der Waals surface area contributed by atoms with Crippen molar-refractivity contribution in [1.29, 1.82) is 0 Å². The summed E-state index contributed by atoms with van der Waals surface area (Å²) in [5.74, 6) is -0.465. The number of anilines is 1. The highest BCUT2D eigenvalue weighted by Crippen LogP contribution is 2.24. The van der Waals surface area contributed by atoms with E-state index in [1.807, 2.05) is 0 Å². The number of halogens is 1. The Morgan fingerprint density at radius 2 is 2.11 bits per heavy atom. The van der Waals surface area contributed by atoms with Crippen molar-refractivity contribution < 1.29 is 9.31 Å². The van der Waals surface area contributed by atoms with E-state index >= 15 is 0 Å². The Bertz CT molecular complexity index is 448. The molecule has 1 aromatic rings. The van der Waals surface area contributed by atoms with Gasteiger partial charge in [0.05, 0.1) is 4.92 Å². The van der Waals surface area contributed by atoms with E-state index in [-0.39, 0.29) is 11.4 Å². The zero-order valence-corrected chi connectivity index (χ0v) is 10.8. The van der Waals surface area contributed by atoms with Crippen molar-refractivity contribution in [3.05, 3.63) is 34.1 Å². The normalized spacial score (nSPS) is 15.6. The van der Waals surface area contributed by atoms with Crippen molar-refractivity contribution in [3.8, 4) is 0 Å². The molecule has 1 fully saturated rings. The highest BCUT2D eigenvalue weighted by atomic mass is 19.1. The summed E-state index contributed by atoms with van der Waals surface area (Å²) in [6.45, 7) is 3.87. The Labute approximate surface area is 111 Å². The van der Waals surface area contributed by atoms with Gasteiger partial charge in [0, 0.05) is 18.7 Å². The summed E-state index contributed by atoms with van der Waals surface area (Å²) in [4.78, 5) is 12.7. The predicted molar refractivity (Wildman–Crippen MR) is 71.8 cm³/mol. The van der Waals surface area contributed by atoms with Crippen molar-refractivity contribution in [2.24, 2.45) is 0 Å². The van der Waals surface area contributed by atoms with Crippen LogP contribution in [0.15, 0.2) is 18.2 Å². The maximum Gasteiger partial charge on any atom is 0.292 e. The van der Waals surface area contributed by atoms with Gasteiger partial charge in [-0.2, -0.15) is 0 Å². The first-order chi connectivity index (χ1) is 9.16. The number of likely N-dealkylation sites (tertiary alicyclic amines) is 1. The lowest BCUT2D eigenvalue weighted by Gasteiger charge is -2.14. The molecule has 0 spiro atoms. The van der Waals surface area contributed by atoms with E-state index in [9.17, 15) is 14.5 Å². The Kier molecular flexibility index (Phi) is 4.68. The number of nitrogens with one attached hydrogen (secondary N) is 1. The Morgan fingerprint density at radius 1 is 1.37 bits per heavy atom. The number of hydrogen-bond donors (Lipinski definition) is 1. The highest BCUT2D eigenvalue weighted by molar-refractivity contribution is 5.61. The molecule has 1 aliphatic heterocycles. The third-order valence-electron chi connectivity index (χ3n) is 3.32. The Balaban J connectivity index is 1.84. The lowest BCUT2D eigenvalue weighted by Crippen LogP contribution is -2.22. The molecule has 1 aromatic carbocycles. The maximum absolute atomic E-state index is 13.1. The SMILES string of the molecule is O=[N+]([O-])c1ccc(F)cc1NCCCN1CCCC1. The van der Waals surface area contributed by atoms with Crippen LogP contribution in [0, 0.1) is 15.9 Å². The standard InChI is InChI=1S/C13H18FN3O2/c14-11-4-5-13(17(18)19)12(10-11)15-6-3-9-16-7-1-2-8-16/h4-5,10,15H,1-3,6-9H2. The van der Waals surface area contributed by atoms with E-state index in [0.717, 1.165) is 32.1 Å². The molecule has 0 saturated carbocycles. The minimum Gasteiger partial charge on any atom is -0.379 e. The molecule has 5 nitrogen and oxygen atoms in total. The van der Waals surface area contributed by atoms with Crippen LogP contribution in [0.2, 0.25) is 0 Å². The molecule has 0 atom stereocenters. The molecule has 1 N–H and O–H groups in total. The molecule has 6 heteroatoms. The number of nitro groups is 1. The third kappa shape index (κ3) is 3.89. The van der Waals surface area contributed by atoms with E-state index in [2.05, 4.69) is 10.2 Å². The molecule has 0 aliphatic carbocycles. The van der Waals surface area contributed by atoms with Crippen LogP contribution >= 0.6 is 0 Å². The van der Waals surface area contributed by atoms with Crippen molar-refractivity contribution in [3.63, 3.8) is 0 Å². The van der Waals surface area contributed by atoms with Crippen LogP contribution in [-0.4, -0.2) is 36.0 Å². The van der Waals surface area contributed by atoms with Gasteiger partial charge >= 0.3 is 0 Å². The molecule has 0 amide bonds. The van der Waals surface area contributed by atoms with Crippen LogP contribution in [-0.2, 0) is 0 Å². The number of hydrogen-bond acceptors (Lipinski definition) is 4. The van der Waals surface area contributed by atoms with Crippen molar-refractivity contribution in [2.45, 2.75) is 19.3 Å². The Hall–Kier alpha value is -1.69. The highest BCUT2D eigenvalue weighted by Gasteiger charge is 2.14. The molecule has 104 valence electrons. The first-order valence-electron chi connectivity index (χ1n) is 6.57. The van der Waals surface area contributed by atoms with Gasteiger partial charge in [0.25, 0.3) is 5.69 Å². The first-order valence-corrected chi connectivity index (χ1v) is 6.57. The molecule has 0 aromatic heterocycles. The molecule has 1 aliphatic rings. The molecular formula is C13H18FN3O2. The molecule has 1 heterocycles. The van der Waals surface area contributed by atoms with E-state index in [0.29, 0.717) is 6.54 Å².